The Bertz CT molecular complexity index is 1360. The van der Waals surface area contributed by atoms with Gasteiger partial charge in [-0.25, -0.2) is 0 Å². The van der Waals surface area contributed by atoms with Gasteiger partial charge in [0.05, 0.1) is 24.0 Å². The predicted molar refractivity (Wildman–Crippen MR) is 149 cm³/mol. The van der Waals surface area contributed by atoms with Gasteiger partial charge in [-0.15, -0.1) is 0 Å². The third-order valence-corrected chi connectivity index (χ3v) is 9.14. The van der Waals surface area contributed by atoms with Crippen LogP contribution < -0.4 is 20.8 Å². The van der Waals surface area contributed by atoms with Crippen molar-refractivity contribution in [3.63, 3.8) is 0 Å². The van der Waals surface area contributed by atoms with Gasteiger partial charge in [0.1, 0.15) is 11.4 Å². The fourth-order valence-corrected chi connectivity index (χ4v) is 6.88. The van der Waals surface area contributed by atoms with E-state index < -0.39 is 71.6 Å². The van der Waals surface area contributed by atoms with E-state index in [2.05, 4.69) is 10.6 Å². The molecule has 0 aromatic carbocycles. The highest BCUT2D eigenvalue weighted by Gasteiger charge is 2.47. The average Bonchev–Trinajstić information content (AvgIpc) is 3.79. The van der Waals surface area contributed by atoms with Crippen LogP contribution >= 0.6 is 0 Å². The first-order valence-corrected chi connectivity index (χ1v) is 14.8. The first-order valence-electron chi connectivity index (χ1n) is 14.8. The maximum atomic E-state index is 13.9. The molecule has 6 atom stereocenters. The summed E-state index contributed by atoms with van der Waals surface area (Å²) in [5.74, 6) is -6.55. The molecule has 2 aromatic rings. The maximum Gasteiger partial charge on any atom is 0.268 e. The van der Waals surface area contributed by atoms with E-state index in [0.29, 0.717) is 37.1 Å². The zero-order valence-electron chi connectivity index (χ0n) is 24.6. The summed E-state index contributed by atoms with van der Waals surface area (Å²) < 4.78 is 3.25. The van der Waals surface area contributed by atoms with Crippen LogP contribution in [0.3, 0.4) is 0 Å². The van der Waals surface area contributed by atoms with Crippen molar-refractivity contribution in [2.45, 2.75) is 62.7 Å². The molecule has 0 spiro atoms. The highest BCUT2D eigenvalue weighted by molar-refractivity contribution is 5.95. The normalized spacial score (nSPS) is 26.8. The van der Waals surface area contributed by atoms with Crippen molar-refractivity contribution in [1.29, 1.82) is 0 Å². The second-order valence-electron chi connectivity index (χ2n) is 12.0. The molecule has 14 heteroatoms. The number of rotatable bonds is 8. The summed E-state index contributed by atoms with van der Waals surface area (Å²) in [6, 6.07) is 2.78. The Morgan fingerprint density at radius 1 is 0.682 bits per heavy atom. The first-order chi connectivity index (χ1) is 21.0. The fraction of sp³-hybridized carbons (Fsp3) is 0.533. The number of aryl methyl sites for hydroxylation is 2. The zero-order chi connectivity index (χ0) is 31.7. The van der Waals surface area contributed by atoms with Crippen LogP contribution in [0.1, 0.15) is 59.5 Å². The number of likely N-dealkylation sites (tertiary alicyclic amines) is 2. The molecule has 236 valence electrons. The van der Waals surface area contributed by atoms with E-state index in [-0.39, 0.29) is 25.9 Å². The number of hydrogen-bond donors (Lipinski definition) is 2. The molecule has 5 rings (SSSR count). The number of hydrogen-bond acceptors (Lipinski definition) is 8. The number of aliphatic carboxylic acids is 2. The summed E-state index contributed by atoms with van der Waals surface area (Å²) in [6.45, 7) is -0.132. The van der Waals surface area contributed by atoms with Crippen molar-refractivity contribution >= 4 is 35.6 Å². The van der Waals surface area contributed by atoms with Gasteiger partial charge in [-0.3, -0.25) is 19.2 Å². The van der Waals surface area contributed by atoms with Gasteiger partial charge in [0.25, 0.3) is 11.8 Å². The molecule has 14 nitrogen and oxygen atoms in total. The molecule has 1 saturated carbocycles. The van der Waals surface area contributed by atoms with Gasteiger partial charge in [-0.1, -0.05) is 12.8 Å². The van der Waals surface area contributed by atoms with Crippen molar-refractivity contribution in [2.24, 2.45) is 25.9 Å². The average molecular weight is 609 g/mol. The number of nitrogens with one attached hydrogen (secondary N) is 2. The van der Waals surface area contributed by atoms with Crippen molar-refractivity contribution < 1.29 is 39.0 Å². The second kappa shape index (κ2) is 12.5. The molecule has 44 heavy (non-hydrogen) atoms. The Morgan fingerprint density at radius 2 is 1.07 bits per heavy atom. The van der Waals surface area contributed by atoms with Crippen molar-refractivity contribution in [1.82, 2.24) is 29.6 Å². The minimum atomic E-state index is -1.46. The first kappa shape index (κ1) is 30.8. The zero-order valence-corrected chi connectivity index (χ0v) is 24.6. The Hall–Kier alpha value is -4.62. The van der Waals surface area contributed by atoms with Gasteiger partial charge in [-0.05, 0) is 49.9 Å². The molecule has 3 fully saturated rings. The van der Waals surface area contributed by atoms with Gasteiger partial charge < -0.3 is 49.4 Å². The van der Waals surface area contributed by atoms with Crippen LogP contribution in [0.25, 0.3) is 0 Å². The van der Waals surface area contributed by atoms with E-state index >= 15 is 0 Å². The third-order valence-electron chi connectivity index (χ3n) is 9.14. The Labute approximate surface area is 254 Å². The fourth-order valence-electron chi connectivity index (χ4n) is 6.88. The molecule has 0 unspecified atom stereocenters. The van der Waals surface area contributed by atoms with Crippen LogP contribution in [0.4, 0.5) is 0 Å². The van der Waals surface area contributed by atoms with Gasteiger partial charge in [-0.2, -0.15) is 0 Å². The summed E-state index contributed by atoms with van der Waals surface area (Å²) in [7, 11) is 3.41. The molecule has 0 radical (unpaired) electrons. The van der Waals surface area contributed by atoms with E-state index in [4.69, 9.17) is 0 Å². The van der Waals surface area contributed by atoms with Crippen molar-refractivity contribution in [3.05, 3.63) is 48.0 Å². The third kappa shape index (κ3) is 6.06. The summed E-state index contributed by atoms with van der Waals surface area (Å²) in [4.78, 5) is 79.8. The topological polar surface area (TPSA) is 189 Å². The number of carbonyl (C=O) groups is 6. The van der Waals surface area contributed by atoms with Crippen LogP contribution in [-0.2, 0) is 33.3 Å². The Kier molecular flexibility index (Phi) is 8.79. The van der Waals surface area contributed by atoms with Crippen molar-refractivity contribution in [3.8, 4) is 0 Å². The lowest BCUT2D eigenvalue weighted by Crippen LogP contribution is -2.54. The number of carboxylic acids is 2. The molecule has 2 N–H and O–H groups in total. The summed E-state index contributed by atoms with van der Waals surface area (Å²) in [5, 5.41) is 29.8. The van der Waals surface area contributed by atoms with E-state index in [1.165, 1.54) is 9.80 Å². The monoisotopic (exact) mass is 608 g/mol. The summed E-state index contributed by atoms with van der Waals surface area (Å²) >= 11 is 0. The van der Waals surface area contributed by atoms with Crippen LogP contribution in [0.2, 0.25) is 0 Å². The molecule has 4 amide bonds. The van der Waals surface area contributed by atoms with E-state index in [0.717, 1.165) is 0 Å². The lowest BCUT2D eigenvalue weighted by Gasteiger charge is -2.37. The van der Waals surface area contributed by atoms with Crippen LogP contribution in [0, 0.1) is 11.8 Å². The Balaban J connectivity index is 1.30. The molecule has 3 aliphatic rings. The highest BCUT2D eigenvalue weighted by Crippen LogP contribution is 2.36. The lowest BCUT2D eigenvalue weighted by molar-refractivity contribution is -0.312. The molecule has 2 aromatic heterocycles. The van der Waals surface area contributed by atoms with E-state index in [1.807, 2.05) is 0 Å². The Morgan fingerprint density at radius 3 is 1.39 bits per heavy atom. The highest BCUT2D eigenvalue weighted by atomic mass is 16.4. The lowest BCUT2D eigenvalue weighted by atomic mass is 9.77. The number of amides is 4. The molecule has 1 aliphatic carbocycles. The molecule has 2 saturated heterocycles. The smallest absolute Gasteiger partial charge is 0.268 e. The quantitative estimate of drug-likeness (QED) is 0.337. The van der Waals surface area contributed by atoms with Crippen LogP contribution in [-0.4, -0.2) is 91.8 Å². The van der Waals surface area contributed by atoms with Crippen LogP contribution in [0.15, 0.2) is 36.7 Å². The SMILES string of the molecule is Cn1cccc1C(=O)N[C@H]1C[C@@H](C(=O)[O-])N(C(=O)[C@H]2CCCC[C@H]2C(=O)N2C[C@@H](NC(=O)c3cccn3C)C[C@H]2C(=O)[O-])C1. The van der Waals surface area contributed by atoms with E-state index in [9.17, 15) is 39.0 Å². The van der Waals surface area contributed by atoms with Gasteiger partial charge in [0.2, 0.25) is 11.8 Å². The molecular weight excluding hydrogens is 572 g/mol. The number of carbonyl (C=O) groups excluding carboxylic acids is 6. The minimum absolute atomic E-state index is 0.0447. The predicted octanol–water partition coefficient (Wildman–Crippen LogP) is -2.23. The maximum absolute atomic E-state index is 13.9. The van der Waals surface area contributed by atoms with Gasteiger partial charge in [0, 0.05) is 63.5 Å². The molecule has 0 bridgehead atoms. The number of aromatic nitrogens is 2. The van der Waals surface area contributed by atoms with Crippen LogP contribution in [0.5, 0.6) is 0 Å². The van der Waals surface area contributed by atoms with Gasteiger partial charge >= 0.3 is 0 Å². The molecule has 4 heterocycles. The summed E-state index contributed by atoms with van der Waals surface area (Å²) in [6.07, 6.45) is 5.23. The minimum Gasteiger partial charge on any atom is -0.548 e. The summed E-state index contributed by atoms with van der Waals surface area (Å²) in [5.41, 5.74) is 0.757. The van der Waals surface area contributed by atoms with Gasteiger partial charge in [0.15, 0.2) is 0 Å². The molecular formula is C30H36N6O8-2. The number of carboxylic acid groups (broad SMARTS) is 2. The number of nitrogens with zero attached hydrogens (tertiary/aromatic N) is 4. The molecule has 2 aliphatic heterocycles. The standard InChI is InChI=1S/C30H38N6O8/c1-33-11-5-9-21(33)25(37)31-17-13-23(29(41)42)35(15-17)27(39)19-7-3-4-8-20(19)28(40)36-16-18(14-24(36)30(43)44)32-26(38)22-10-6-12-34(22)2/h5-6,9-12,17-20,23-24H,3-4,7-8,13-16H2,1-2H3,(H,31,37)(H,32,38)(H,41,42)(H,43,44)/p-2/t17-,18-,19-,20+,23-,24-/m0/s1. The second-order valence-corrected chi connectivity index (χ2v) is 12.0. The van der Waals surface area contributed by atoms with Crippen molar-refractivity contribution in [2.75, 3.05) is 13.1 Å². The van der Waals surface area contributed by atoms with E-state index in [1.54, 1.807) is 59.9 Å². The largest absolute Gasteiger partial charge is 0.548 e.